The van der Waals surface area contributed by atoms with E-state index >= 15 is 0 Å². The van der Waals surface area contributed by atoms with Crippen LogP contribution in [0.15, 0.2) is 35.9 Å². The van der Waals surface area contributed by atoms with E-state index in [-0.39, 0.29) is 11.5 Å². The van der Waals surface area contributed by atoms with Crippen molar-refractivity contribution in [3.8, 4) is 11.5 Å². The molecule has 0 saturated carbocycles. The first-order valence-corrected chi connectivity index (χ1v) is 6.37. The molecule has 0 aliphatic rings. The number of benzene rings is 1. The molecule has 0 aliphatic carbocycles. The third kappa shape index (κ3) is 5.62. The first-order valence-electron chi connectivity index (χ1n) is 6.37. The van der Waals surface area contributed by atoms with Gasteiger partial charge in [-0.15, -0.1) is 0 Å². The van der Waals surface area contributed by atoms with Gasteiger partial charge in [0.25, 0.3) is 0 Å². The van der Waals surface area contributed by atoms with E-state index in [1.807, 2.05) is 13.8 Å². The van der Waals surface area contributed by atoms with Crippen molar-refractivity contribution in [2.75, 3.05) is 0 Å². The molecule has 0 bridgehead atoms. The van der Waals surface area contributed by atoms with Crippen LogP contribution in [0.1, 0.15) is 39.2 Å². The van der Waals surface area contributed by atoms with Gasteiger partial charge in [0.1, 0.15) is 11.5 Å². The Labute approximate surface area is 114 Å². The minimum Gasteiger partial charge on any atom is -0.508 e. The maximum absolute atomic E-state index is 10.2. The summed E-state index contributed by atoms with van der Waals surface area (Å²) >= 11 is 0. The molecule has 0 fully saturated rings. The SMILES string of the molecule is CC(C)=CCC[C@](C)(O)/C=C\c1cc(O)ccc1O. The Bertz CT molecular complexity index is 481. The van der Waals surface area contributed by atoms with E-state index in [1.165, 1.54) is 23.8 Å². The summed E-state index contributed by atoms with van der Waals surface area (Å²) in [6, 6.07) is 4.30. The van der Waals surface area contributed by atoms with Crippen molar-refractivity contribution in [2.24, 2.45) is 0 Å². The van der Waals surface area contributed by atoms with Crippen LogP contribution in [0, 0.1) is 0 Å². The summed E-state index contributed by atoms with van der Waals surface area (Å²) < 4.78 is 0. The summed E-state index contributed by atoms with van der Waals surface area (Å²) in [5, 5.41) is 29.2. The van der Waals surface area contributed by atoms with Crippen molar-refractivity contribution >= 4 is 6.08 Å². The third-order valence-electron chi connectivity index (χ3n) is 2.84. The molecule has 3 heteroatoms. The van der Waals surface area contributed by atoms with E-state index in [0.29, 0.717) is 12.0 Å². The molecule has 0 heterocycles. The van der Waals surface area contributed by atoms with Gasteiger partial charge in [-0.25, -0.2) is 0 Å². The summed E-state index contributed by atoms with van der Waals surface area (Å²) in [6.07, 6.45) is 6.74. The third-order valence-corrected chi connectivity index (χ3v) is 2.84. The Morgan fingerprint density at radius 3 is 2.58 bits per heavy atom. The number of rotatable bonds is 5. The zero-order valence-corrected chi connectivity index (χ0v) is 11.7. The van der Waals surface area contributed by atoms with Crippen molar-refractivity contribution in [2.45, 2.75) is 39.2 Å². The van der Waals surface area contributed by atoms with Crippen LogP contribution in [0.5, 0.6) is 11.5 Å². The van der Waals surface area contributed by atoms with Gasteiger partial charge in [0.2, 0.25) is 0 Å². The number of aliphatic hydroxyl groups is 1. The average molecular weight is 262 g/mol. The summed E-state index contributed by atoms with van der Waals surface area (Å²) in [7, 11) is 0. The van der Waals surface area contributed by atoms with Crippen LogP contribution in [0.4, 0.5) is 0 Å². The average Bonchev–Trinajstić information content (AvgIpc) is 2.30. The van der Waals surface area contributed by atoms with Crippen molar-refractivity contribution in [3.63, 3.8) is 0 Å². The first kappa shape index (κ1) is 15.3. The normalized spacial score (nSPS) is 14.3. The molecule has 0 aliphatic heterocycles. The summed E-state index contributed by atoms with van der Waals surface area (Å²) in [6.45, 7) is 5.77. The molecule has 0 saturated heterocycles. The maximum atomic E-state index is 10.2. The fourth-order valence-corrected chi connectivity index (χ4v) is 1.68. The highest BCUT2D eigenvalue weighted by molar-refractivity contribution is 5.59. The summed E-state index contributed by atoms with van der Waals surface area (Å²) in [4.78, 5) is 0. The number of hydrogen-bond donors (Lipinski definition) is 3. The second kappa shape index (κ2) is 6.43. The molecule has 0 spiro atoms. The largest absolute Gasteiger partial charge is 0.508 e. The van der Waals surface area contributed by atoms with Gasteiger partial charge in [-0.1, -0.05) is 23.8 Å². The number of aromatic hydroxyl groups is 2. The maximum Gasteiger partial charge on any atom is 0.123 e. The molecule has 0 aromatic heterocycles. The fraction of sp³-hybridized carbons (Fsp3) is 0.375. The van der Waals surface area contributed by atoms with Gasteiger partial charge >= 0.3 is 0 Å². The monoisotopic (exact) mass is 262 g/mol. The topological polar surface area (TPSA) is 60.7 Å². The lowest BCUT2D eigenvalue weighted by molar-refractivity contribution is 0.104. The van der Waals surface area contributed by atoms with Gasteiger partial charge in [-0.3, -0.25) is 0 Å². The predicted molar refractivity (Wildman–Crippen MR) is 78.1 cm³/mol. The van der Waals surface area contributed by atoms with E-state index in [9.17, 15) is 15.3 Å². The summed E-state index contributed by atoms with van der Waals surface area (Å²) in [5.74, 6) is 0.163. The summed E-state index contributed by atoms with van der Waals surface area (Å²) in [5.41, 5.74) is 0.775. The highest BCUT2D eigenvalue weighted by atomic mass is 16.3. The lowest BCUT2D eigenvalue weighted by Gasteiger charge is -2.18. The molecular formula is C16H22O3. The highest BCUT2D eigenvalue weighted by Gasteiger charge is 2.15. The molecule has 104 valence electrons. The van der Waals surface area contributed by atoms with Crippen LogP contribution < -0.4 is 0 Å². The molecule has 1 aromatic rings. The lowest BCUT2D eigenvalue weighted by atomic mass is 9.97. The van der Waals surface area contributed by atoms with Crippen LogP contribution in [-0.2, 0) is 0 Å². The lowest BCUT2D eigenvalue weighted by Crippen LogP contribution is -2.19. The Kier molecular flexibility index (Phi) is 5.19. The molecule has 3 nitrogen and oxygen atoms in total. The van der Waals surface area contributed by atoms with Gasteiger partial charge in [-0.2, -0.15) is 0 Å². The standard InChI is InChI=1S/C16H22O3/c1-12(2)5-4-9-16(3,19)10-8-13-11-14(17)6-7-15(13)18/h5-8,10-11,17-19H,4,9H2,1-3H3/b10-8-/t16-/m0/s1. The van der Waals surface area contributed by atoms with Crippen molar-refractivity contribution in [1.29, 1.82) is 0 Å². The highest BCUT2D eigenvalue weighted by Crippen LogP contribution is 2.25. The Hall–Kier alpha value is -1.74. The molecule has 1 rings (SSSR count). The first-order chi connectivity index (χ1) is 8.80. The van der Waals surface area contributed by atoms with E-state index < -0.39 is 5.60 Å². The van der Waals surface area contributed by atoms with Crippen LogP contribution in [0.2, 0.25) is 0 Å². The Balaban J connectivity index is 2.73. The van der Waals surface area contributed by atoms with Crippen LogP contribution in [0.25, 0.3) is 6.08 Å². The molecule has 0 unspecified atom stereocenters. The van der Waals surface area contributed by atoms with Gasteiger partial charge < -0.3 is 15.3 Å². The quantitative estimate of drug-likeness (QED) is 0.561. The van der Waals surface area contributed by atoms with Crippen LogP contribution in [0.3, 0.4) is 0 Å². The van der Waals surface area contributed by atoms with Crippen LogP contribution >= 0.6 is 0 Å². The number of hydrogen-bond acceptors (Lipinski definition) is 3. The van der Waals surface area contributed by atoms with Crippen molar-refractivity contribution < 1.29 is 15.3 Å². The van der Waals surface area contributed by atoms with E-state index in [2.05, 4.69) is 6.08 Å². The number of phenolic OH excluding ortho intramolecular Hbond substituents is 2. The van der Waals surface area contributed by atoms with Crippen molar-refractivity contribution in [1.82, 2.24) is 0 Å². The number of allylic oxidation sites excluding steroid dienone is 2. The van der Waals surface area contributed by atoms with E-state index in [4.69, 9.17) is 0 Å². The molecule has 19 heavy (non-hydrogen) atoms. The van der Waals surface area contributed by atoms with Gasteiger partial charge in [0.05, 0.1) is 5.60 Å². The second-order valence-corrected chi connectivity index (χ2v) is 5.25. The van der Waals surface area contributed by atoms with Crippen LogP contribution in [-0.4, -0.2) is 20.9 Å². The minimum absolute atomic E-state index is 0.0779. The minimum atomic E-state index is -0.941. The number of phenols is 2. The molecule has 1 atom stereocenters. The van der Waals surface area contributed by atoms with Gasteiger partial charge in [0.15, 0.2) is 0 Å². The van der Waals surface area contributed by atoms with E-state index in [1.54, 1.807) is 19.1 Å². The van der Waals surface area contributed by atoms with Crippen molar-refractivity contribution in [3.05, 3.63) is 41.5 Å². The molecular weight excluding hydrogens is 240 g/mol. The molecule has 0 radical (unpaired) electrons. The Morgan fingerprint density at radius 2 is 1.95 bits per heavy atom. The van der Waals surface area contributed by atoms with E-state index in [0.717, 1.165) is 6.42 Å². The smallest absolute Gasteiger partial charge is 0.123 e. The fourth-order valence-electron chi connectivity index (χ4n) is 1.68. The predicted octanol–water partition coefficient (Wildman–Crippen LogP) is 3.61. The zero-order chi connectivity index (χ0) is 14.5. The van der Waals surface area contributed by atoms with Gasteiger partial charge in [-0.05, 0) is 51.8 Å². The molecule has 1 aromatic carbocycles. The molecule has 3 N–H and O–H groups in total. The Morgan fingerprint density at radius 1 is 1.26 bits per heavy atom. The second-order valence-electron chi connectivity index (χ2n) is 5.25. The van der Waals surface area contributed by atoms with Gasteiger partial charge in [0, 0.05) is 5.56 Å². The molecule has 0 amide bonds. The zero-order valence-electron chi connectivity index (χ0n) is 11.7.